The van der Waals surface area contributed by atoms with Crippen LogP contribution in [0.3, 0.4) is 0 Å². The summed E-state index contributed by atoms with van der Waals surface area (Å²) in [5.74, 6) is 5.73. The van der Waals surface area contributed by atoms with Gasteiger partial charge < -0.3 is 9.47 Å². The molecule has 4 nitrogen and oxygen atoms in total. The number of unbranched alkanes of at least 4 members (excludes halogenated alkanes) is 2. The fraction of sp³-hybridized carbons (Fsp3) is 0.943. The molecule has 0 spiro atoms. The maximum atomic E-state index is 12.6. The van der Waals surface area contributed by atoms with Gasteiger partial charge in [-0.15, -0.1) is 0 Å². The fourth-order valence-corrected chi connectivity index (χ4v) is 8.75. The maximum Gasteiger partial charge on any atom is 0.308 e. The first-order valence-corrected chi connectivity index (χ1v) is 17.4. The molecule has 4 fully saturated rings. The molecule has 4 aliphatic rings. The highest BCUT2D eigenvalue weighted by molar-refractivity contribution is 5.72. The molecule has 0 aromatic heterocycles. The van der Waals surface area contributed by atoms with Gasteiger partial charge in [-0.3, -0.25) is 9.59 Å². The monoisotopic (exact) mass is 544 g/mol. The first-order chi connectivity index (χ1) is 19.1. The van der Waals surface area contributed by atoms with Crippen LogP contribution in [-0.2, 0) is 19.1 Å². The summed E-state index contributed by atoms with van der Waals surface area (Å²) in [6.07, 6.45) is 25.6. The van der Waals surface area contributed by atoms with Crippen LogP contribution in [0.15, 0.2) is 0 Å². The molecular formula is C35H60O4. The molecule has 0 N–H and O–H groups in total. The zero-order valence-electron chi connectivity index (χ0n) is 25.5. The lowest BCUT2D eigenvalue weighted by molar-refractivity contribution is -0.150. The lowest BCUT2D eigenvalue weighted by atomic mass is 9.69. The second-order valence-electron chi connectivity index (χ2n) is 14.0. The molecule has 0 saturated heterocycles. The average Bonchev–Trinajstić information content (AvgIpc) is 3.00. The molecule has 0 heterocycles. The van der Waals surface area contributed by atoms with Crippen LogP contribution in [0.4, 0.5) is 0 Å². The van der Waals surface area contributed by atoms with Gasteiger partial charge in [0.2, 0.25) is 0 Å². The second kappa shape index (κ2) is 16.4. The van der Waals surface area contributed by atoms with E-state index in [4.69, 9.17) is 9.47 Å². The van der Waals surface area contributed by atoms with Gasteiger partial charge in [-0.25, -0.2) is 0 Å². The number of hydrogen-bond acceptors (Lipinski definition) is 4. The van der Waals surface area contributed by atoms with Gasteiger partial charge in [0.15, 0.2) is 0 Å². The number of rotatable bonds is 12. The smallest absolute Gasteiger partial charge is 0.308 e. The van der Waals surface area contributed by atoms with Crippen LogP contribution < -0.4 is 0 Å². The highest BCUT2D eigenvalue weighted by atomic mass is 16.5. The number of esters is 2. The predicted molar refractivity (Wildman–Crippen MR) is 158 cm³/mol. The molecule has 0 unspecified atom stereocenters. The summed E-state index contributed by atoms with van der Waals surface area (Å²) in [5.41, 5.74) is 0. The minimum atomic E-state index is 0.0311. The van der Waals surface area contributed by atoms with Gasteiger partial charge in [0, 0.05) is 0 Å². The van der Waals surface area contributed by atoms with Crippen molar-refractivity contribution in [3.05, 3.63) is 0 Å². The van der Waals surface area contributed by atoms with E-state index in [9.17, 15) is 9.59 Å². The SMILES string of the molecule is CCC1CCC(C2CCC(C(=O)OCCCCCOC(=O)C3CCC(C4CCC(CC)CC4)CC3)CC2)CC1. The van der Waals surface area contributed by atoms with Crippen LogP contribution in [-0.4, -0.2) is 25.2 Å². The Kier molecular flexibility index (Phi) is 13.0. The van der Waals surface area contributed by atoms with Crippen LogP contribution in [0.25, 0.3) is 0 Å². The van der Waals surface area contributed by atoms with Crippen molar-refractivity contribution in [2.45, 2.75) is 149 Å². The predicted octanol–water partition coefficient (Wildman–Crippen LogP) is 9.29. The first kappa shape index (κ1) is 30.9. The molecule has 0 aliphatic heterocycles. The van der Waals surface area contributed by atoms with Crippen LogP contribution in [0, 0.1) is 47.3 Å². The molecule has 39 heavy (non-hydrogen) atoms. The van der Waals surface area contributed by atoms with E-state index in [0.29, 0.717) is 13.2 Å². The largest absolute Gasteiger partial charge is 0.465 e. The van der Waals surface area contributed by atoms with Gasteiger partial charge in [-0.05, 0) is 132 Å². The van der Waals surface area contributed by atoms with E-state index in [0.717, 1.165) is 80.5 Å². The lowest BCUT2D eigenvalue weighted by Crippen LogP contribution is -2.29. The molecule has 224 valence electrons. The zero-order valence-corrected chi connectivity index (χ0v) is 25.5. The van der Waals surface area contributed by atoms with Crippen molar-refractivity contribution < 1.29 is 19.1 Å². The van der Waals surface area contributed by atoms with Crippen LogP contribution >= 0.6 is 0 Å². The molecule has 4 aliphatic carbocycles. The van der Waals surface area contributed by atoms with Gasteiger partial charge in [0.05, 0.1) is 25.0 Å². The minimum Gasteiger partial charge on any atom is -0.465 e. The van der Waals surface area contributed by atoms with E-state index in [-0.39, 0.29) is 23.8 Å². The molecule has 0 amide bonds. The van der Waals surface area contributed by atoms with Crippen LogP contribution in [0.1, 0.15) is 149 Å². The Labute approximate surface area is 240 Å². The van der Waals surface area contributed by atoms with Crippen molar-refractivity contribution in [3.8, 4) is 0 Å². The average molecular weight is 545 g/mol. The minimum absolute atomic E-state index is 0.0311. The number of carbonyl (C=O) groups is 2. The molecular weight excluding hydrogens is 484 g/mol. The Hall–Kier alpha value is -1.06. The third kappa shape index (κ3) is 9.49. The molecule has 0 bridgehead atoms. The standard InChI is InChI=1S/C35H60O4/c1-3-26-8-12-28(13-9-26)30-16-20-32(21-17-30)34(36)38-24-6-5-7-25-39-35(37)33-22-18-31(19-23-33)29-14-10-27(4-2)11-15-29/h26-33H,3-25H2,1-2H3. The van der Waals surface area contributed by atoms with E-state index in [1.165, 1.54) is 89.9 Å². The highest BCUT2D eigenvalue weighted by Crippen LogP contribution is 2.43. The fourth-order valence-electron chi connectivity index (χ4n) is 8.75. The Balaban J connectivity index is 0.981. The summed E-state index contributed by atoms with van der Waals surface area (Å²) in [4.78, 5) is 25.2. The van der Waals surface area contributed by atoms with Gasteiger partial charge in [-0.2, -0.15) is 0 Å². The van der Waals surface area contributed by atoms with Gasteiger partial charge in [0.1, 0.15) is 0 Å². The first-order valence-electron chi connectivity index (χ1n) is 17.4. The molecule has 4 rings (SSSR count). The van der Waals surface area contributed by atoms with Crippen molar-refractivity contribution >= 4 is 11.9 Å². The van der Waals surface area contributed by atoms with E-state index < -0.39 is 0 Å². The summed E-state index contributed by atoms with van der Waals surface area (Å²) in [7, 11) is 0. The molecule has 0 atom stereocenters. The molecule has 4 heteroatoms. The Morgan fingerprint density at radius 2 is 0.769 bits per heavy atom. The van der Waals surface area contributed by atoms with Crippen molar-refractivity contribution in [2.24, 2.45) is 47.3 Å². The van der Waals surface area contributed by atoms with Crippen molar-refractivity contribution in [3.63, 3.8) is 0 Å². The topological polar surface area (TPSA) is 52.6 Å². The van der Waals surface area contributed by atoms with E-state index >= 15 is 0 Å². The molecule has 0 aromatic rings. The number of carbonyl (C=O) groups excluding carboxylic acids is 2. The highest BCUT2D eigenvalue weighted by Gasteiger charge is 2.34. The summed E-state index contributed by atoms with van der Waals surface area (Å²) in [5, 5.41) is 0. The Morgan fingerprint density at radius 1 is 0.462 bits per heavy atom. The lowest BCUT2D eigenvalue weighted by Gasteiger charge is -2.37. The molecule has 4 saturated carbocycles. The van der Waals surface area contributed by atoms with Gasteiger partial charge >= 0.3 is 11.9 Å². The van der Waals surface area contributed by atoms with Gasteiger partial charge in [0.25, 0.3) is 0 Å². The maximum absolute atomic E-state index is 12.6. The summed E-state index contributed by atoms with van der Waals surface area (Å²) >= 11 is 0. The number of ether oxygens (including phenoxy) is 2. The second-order valence-corrected chi connectivity index (χ2v) is 14.0. The summed E-state index contributed by atoms with van der Waals surface area (Å²) in [6.45, 7) is 5.69. The third-order valence-corrected chi connectivity index (χ3v) is 11.8. The quantitative estimate of drug-likeness (QED) is 0.181. The number of hydrogen-bond donors (Lipinski definition) is 0. The summed E-state index contributed by atoms with van der Waals surface area (Å²) < 4.78 is 11.3. The normalized spacial score (nSPS) is 35.7. The van der Waals surface area contributed by atoms with Gasteiger partial charge in [-0.1, -0.05) is 52.4 Å². The van der Waals surface area contributed by atoms with Crippen molar-refractivity contribution in [1.82, 2.24) is 0 Å². The van der Waals surface area contributed by atoms with Crippen LogP contribution in [0.2, 0.25) is 0 Å². The molecule has 0 radical (unpaired) electrons. The van der Waals surface area contributed by atoms with Crippen molar-refractivity contribution in [2.75, 3.05) is 13.2 Å². The van der Waals surface area contributed by atoms with Crippen LogP contribution in [0.5, 0.6) is 0 Å². The Bertz CT molecular complexity index is 642. The molecule has 0 aromatic carbocycles. The zero-order chi connectivity index (χ0) is 27.5. The van der Waals surface area contributed by atoms with E-state index in [2.05, 4.69) is 13.8 Å². The third-order valence-electron chi connectivity index (χ3n) is 11.8. The van der Waals surface area contributed by atoms with E-state index in [1.807, 2.05) is 0 Å². The Morgan fingerprint density at radius 3 is 1.08 bits per heavy atom. The summed E-state index contributed by atoms with van der Waals surface area (Å²) in [6, 6.07) is 0. The van der Waals surface area contributed by atoms with Crippen molar-refractivity contribution in [1.29, 1.82) is 0 Å². The van der Waals surface area contributed by atoms with E-state index in [1.54, 1.807) is 0 Å².